The molecule has 3 heterocycles. The van der Waals surface area contributed by atoms with E-state index in [1.165, 1.54) is 31.5 Å². The summed E-state index contributed by atoms with van der Waals surface area (Å²) in [6.45, 7) is 7.81. The number of nitrogens with one attached hydrogen (secondary N) is 1. The third-order valence-corrected chi connectivity index (χ3v) is 4.92. The fourth-order valence-electron chi connectivity index (χ4n) is 3.47. The summed E-state index contributed by atoms with van der Waals surface area (Å²) in [6.07, 6.45) is 2.42. The fraction of sp³-hybridized carbons (Fsp3) is 0.611. The molecule has 2 bridgehead atoms. The largest absolute Gasteiger partial charge is 0.484 e. The Morgan fingerprint density at radius 2 is 1.95 bits per heavy atom. The highest BCUT2D eigenvalue weighted by Gasteiger charge is 2.34. The maximum absolute atomic E-state index is 12.1. The first-order valence-electron chi connectivity index (χ1n) is 8.36. The van der Waals surface area contributed by atoms with Crippen LogP contribution in [0.1, 0.15) is 38.2 Å². The van der Waals surface area contributed by atoms with Crippen molar-refractivity contribution in [1.29, 1.82) is 0 Å². The van der Waals surface area contributed by atoms with Crippen LogP contribution in [0.4, 0.5) is 0 Å². The van der Waals surface area contributed by atoms with Gasteiger partial charge in [0.25, 0.3) is 5.91 Å². The molecule has 0 radical (unpaired) electrons. The lowest BCUT2D eigenvalue weighted by atomic mass is 9.84. The van der Waals surface area contributed by atoms with Crippen LogP contribution >= 0.6 is 0 Å². The van der Waals surface area contributed by atoms with E-state index in [2.05, 4.69) is 36.2 Å². The molecule has 4 rings (SSSR count). The Bertz CT molecular complexity index is 504. The zero-order valence-electron chi connectivity index (χ0n) is 13.5. The molecule has 4 heteroatoms. The van der Waals surface area contributed by atoms with Gasteiger partial charge in [-0.1, -0.05) is 26.0 Å². The van der Waals surface area contributed by atoms with E-state index >= 15 is 0 Å². The van der Waals surface area contributed by atoms with Gasteiger partial charge in [0.1, 0.15) is 5.75 Å². The summed E-state index contributed by atoms with van der Waals surface area (Å²) in [6, 6.07) is 8.31. The van der Waals surface area contributed by atoms with Gasteiger partial charge in [0.05, 0.1) is 0 Å². The molecule has 1 aromatic carbocycles. The van der Waals surface area contributed by atoms with Crippen LogP contribution in [0.5, 0.6) is 5.75 Å². The molecule has 0 aromatic heterocycles. The van der Waals surface area contributed by atoms with E-state index in [1.807, 2.05) is 12.1 Å². The smallest absolute Gasteiger partial charge is 0.258 e. The monoisotopic (exact) mass is 302 g/mol. The molecule has 0 spiro atoms. The van der Waals surface area contributed by atoms with Crippen molar-refractivity contribution in [3.8, 4) is 5.75 Å². The second-order valence-electron chi connectivity index (χ2n) is 6.82. The summed E-state index contributed by atoms with van der Waals surface area (Å²) >= 11 is 0. The Balaban J connectivity index is 1.46. The average Bonchev–Trinajstić information content (AvgIpc) is 2.54. The van der Waals surface area contributed by atoms with Crippen molar-refractivity contribution < 1.29 is 9.53 Å². The molecule has 22 heavy (non-hydrogen) atoms. The van der Waals surface area contributed by atoms with Crippen molar-refractivity contribution in [2.75, 3.05) is 26.2 Å². The van der Waals surface area contributed by atoms with Crippen LogP contribution in [-0.2, 0) is 4.79 Å². The first-order chi connectivity index (χ1) is 10.6. The molecule has 4 nitrogen and oxygen atoms in total. The van der Waals surface area contributed by atoms with E-state index in [0.29, 0.717) is 17.9 Å². The highest BCUT2D eigenvalue weighted by molar-refractivity contribution is 5.78. The van der Waals surface area contributed by atoms with Crippen LogP contribution in [-0.4, -0.2) is 43.1 Å². The number of nitrogens with zero attached hydrogens (tertiary/aromatic N) is 1. The van der Waals surface area contributed by atoms with Gasteiger partial charge in [-0.3, -0.25) is 4.79 Å². The topological polar surface area (TPSA) is 41.6 Å². The van der Waals surface area contributed by atoms with E-state index in [-0.39, 0.29) is 12.5 Å². The van der Waals surface area contributed by atoms with Gasteiger partial charge in [0.2, 0.25) is 0 Å². The van der Waals surface area contributed by atoms with Crippen molar-refractivity contribution in [2.24, 2.45) is 5.92 Å². The number of rotatable bonds is 5. The number of fused-ring (bicyclic) bond motifs is 3. The molecule has 120 valence electrons. The second-order valence-corrected chi connectivity index (χ2v) is 6.82. The van der Waals surface area contributed by atoms with E-state index in [0.717, 1.165) is 12.3 Å². The van der Waals surface area contributed by atoms with E-state index in [1.54, 1.807) is 0 Å². The van der Waals surface area contributed by atoms with Gasteiger partial charge in [0.15, 0.2) is 6.61 Å². The molecule has 1 amide bonds. The van der Waals surface area contributed by atoms with Gasteiger partial charge < -0.3 is 15.0 Å². The van der Waals surface area contributed by atoms with Crippen LogP contribution in [0.3, 0.4) is 0 Å². The van der Waals surface area contributed by atoms with E-state index in [4.69, 9.17) is 4.74 Å². The highest BCUT2D eigenvalue weighted by Crippen LogP contribution is 2.27. The number of carbonyl (C=O) groups is 1. The van der Waals surface area contributed by atoms with Gasteiger partial charge in [-0.25, -0.2) is 0 Å². The van der Waals surface area contributed by atoms with Crippen molar-refractivity contribution in [2.45, 2.75) is 38.6 Å². The van der Waals surface area contributed by atoms with Gasteiger partial charge in [0, 0.05) is 12.6 Å². The number of carbonyl (C=O) groups excluding carboxylic acids is 1. The molecular formula is C18H26N2O2. The summed E-state index contributed by atoms with van der Waals surface area (Å²) in [7, 11) is 0. The summed E-state index contributed by atoms with van der Waals surface area (Å²) in [5.74, 6) is 1.91. The Morgan fingerprint density at radius 1 is 1.27 bits per heavy atom. The van der Waals surface area contributed by atoms with E-state index < -0.39 is 0 Å². The van der Waals surface area contributed by atoms with E-state index in [9.17, 15) is 4.79 Å². The molecule has 3 fully saturated rings. The molecule has 1 atom stereocenters. The SMILES string of the molecule is CC(C)c1ccc(OCC(=O)NC2CN3CCC2CC3)cc1. The standard InChI is InChI=1S/C18H26N2O2/c1-13(2)14-3-5-16(6-4-14)22-12-18(21)19-17-11-20-9-7-15(17)8-10-20/h3-6,13,15,17H,7-12H2,1-2H3,(H,19,21). The number of ether oxygens (including phenoxy) is 1. The summed E-state index contributed by atoms with van der Waals surface area (Å²) < 4.78 is 5.60. The van der Waals surface area contributed by atoms with Crippen LogP contribution in [0.25, 0.3) is 0 Å². The minimum absolute atomic E-state index is 0.00770. The molecule has 1 N–H and O–H groups in total. The Labute approximate surface area is 132 Å². The molecule has 0 saturated carbocycles. The third kappa shape index (κ3) is 3.61. The predicted molar refractivity (Wildman–Crippen MR) is 87.1 cm³/mol. The lowest BCUT2D eigenvalue weighted by Gasteiger charge is -2.44. The quantitative estimate of drug-likeness (QED) is 0.908. The van der Waals surface area contributed by atoms with Crippen molar-refractivity contribution >= 4 is 5.91 Å². The van der Waals surface area contributed by atoms with Gasteiger partial charge >= 0.3 is 0 Å². The first-order valence-corrected chi connectivity index (χ1v) is 8.36. The lowest BCUT2D eigenvalue weighted by Crippen LogP contribution is -2.57. The number of piperidine rings is 3. The van der Waals surface area contributed by atoms with Gasteiger partial charge in [-0.15, -0.1) is 0 Å². The van der Waals surface area contributed by atoms with Crippen molar-refractivity contribution in [1.82, 2.24) is 10.2 Å². The lowest BCUT2D eigenvalue weighted by molar-refractivity contribution is -0.125. The summed E-state index contributed by atoms with van der Waals surface area (Å²) in [4.78, 5) is 14.5. The molecule has 0 aliphatic carbocycles. The molecule has 3 saturated heterocycles. The Morgan fingerprint density at radius 3 is 2.50 bits per heavy atom. The average molecular weight is 302 g/mol. The first kappa shape index (κ1) is 15.3. The second kappa shape index (κ2) is 6.69. The predicted octanol–water partition coefficient (Wildman–Crippen LogP) is 2.40. The third-order valence-electron chi connectivity index (χ3n) is 4.92. The zero-order valence-corrected chi connectivity index (χ0v) is 13.5. The zero-order chi connectivity index (χ0) is 15.5. The van der Waals surface area contributed by atoms with Crippen LogP contribution in [0.2, 0.25) is 0 Å². The number of amides is 1. The number of hydrogen-bond acceptors (Lipinski definition) is 3. The minimum atomic E-state index is -0.00770. The molecule has 3 aliphatic heterocycles. The Hall–Kier alpha value is -1.55. The minimum Gasteiger partial charge on any atom is -0.484 e. The normalized spacial score (nSPS) is 27.0. The van der Waals surface area contributed by atoms with Crippen LogP contribution in [0.15, 0.2) is 24.3 Å². The number of hydrogen-bond donors (Lipinski definition) is 1. The maximum Gasteiger partial charge on any atom is 0.258 e. The van der Waals surface area contributed by atoms with Crippen molar-refractivity contribution in [3.63, 3.8) is 0 Å². The van der Waals surface area contributed by atoms with Crippen molar-refractivity contribution in [3.05, 3.63) is 29.8 Å². The van der Waals surface area contributed by atoms with Gasteiger partial charge in [-0.2, -0.15) is 0 Å². The van der Waals surface area contributed by atoms with Gasteiger partial charge in [-0.05, 0) is 55.5 Å². The van der Waals surface area contributed by atoms with Crippen LogP contribution in [0, 0.1) is 5.92 Å². The fourth-order valence-corrected chi connectivity index (χ4v) is 3.47. The Kier molecular flexibility index (Phi) is 4.67. The van der Waals surface area contributed by atoms with Crippen LogP contribution < -0.4 is 10.1 Å². The molecule has 1 aromatic rings. The highest BCUT2D eigenvalue weighted by atomic mass is 16.5. The summed E-state index contributed by atoms with van der Waals surface area (Å²) in [5.41, 5.74) is 1.28. The number of benzene rings is 1. The molecule has 3 aliphatic rings. The maximum atomic E-state index is 12.1. The summed E-state index contributed by atoms with van der Waals surface area (Å²) in [5, 5.41) is 3.14. The molecule has 1 unspecified atom stereocenters. The molecular weight excluding hydrogens is 276 g/mol.